The summed E-state index contributed by atoms with van der Waals surface area (Å²) in [4.78, 5) is 11.2. The fraction of sp³-hybridized carbons (Fsp3) is 0.611. The second-order valence-electron chi connectivity index (χ2n) is 9.19. The minimum atomic E-state index is -2.36. The molecule has 1 unspecified atom stereocenters. The Morgan fingerprint density at radius 3 is 1.96 bits per heavy atom. The zero-order valence-corrected chi connectivity index (χ0v) is 20.3. The van der Waals surface area contributed by atoms with E-state index in [-0.39, 0.29) is 17.2 Å². The first-order valence-corrected chi connectivity index (χ1v) is 18.4. The van der Waals surface area contributed by atoms with Gasteiger partial charge in [-0.2, -0.15) is 0 Å². The Labute approximate surface area is 160 Å². The molecule has 0 aliphatic rings. The highest BCUT2D eigenvalue weighted by molar-refractivity contribution is 6.87. The lowest BCUT2D eigenvalue weighted by Gasteiger charge is -2.39. The Hall–Kier alpha value is -0.939. The van der Waals surface area contributed by atoms with Gasteiger partial charge in [0, 0.05) is 0 Å². The number of carboxylic acids is 1. The third kappa shape index (κ3) is 7.75. The Balaban J connectivity index is 2.99. The van der Waals surface area contributed by atoms with Crippen LogP contribution in [0.25, 0.3) is 0 Å². The van der Waals surface area contributed by atoms with Crippen LogP contribution in [0.2, 0.25) is 51.9 Å². The molecule has 0 aromatic heterocycles. The summed E-state index contributed by atoms with van der Waals surface area (Å²) in [5.41, 5.74) is 0.612. The first-order valence-electron chi connectivity index (χ1n) is 9.06. The summed E-state index contributed by atoms with van der Waals surface area (Å²) in [6.07, 6.45) is 0.597. The number of hydrogen-bond acceptors (Lipinski definition) is 4. The number of carboxylic acid groups (broad SMARTS) is 1. The molecule has 148 valence electrons. The summed E-state index contributed by atoms with van der Waals surface area (Å²) < 4.78 is 13.1. The van der Waals surface area contributed by atoms with E-state index >= 15 is 0 Å². The molecule has 0 aliphatic carbocycles. The summed E-state index contributed by atoms with van der Waals surface area (Å²) in [7, 11) is -5.87. The summed E-state index contributed by atoms with van der Waals surface area (Å²) in [5, 5.41) is 19.4. The number of aromatic carboxylic acids is 1. The molecule has 0 heterocycles. The van der Waals surface area contributed by atoms with Crippen LogP contribution in [0.4, 0.5) is 0 Å². The molecule has 0 amide bonds. The molecular weight excluding hydrogens is 380 g/mol. The van der Waals surface area contributed by atoms with Crippen LogP contribution in [-0.2, 0) is 14.7 Å². The summed E-state index contributed by atoms with van der Waals surface area (Å²) in [6, 6.07) is 5.71. The maximum absolute atomic E-state index is 11.2. The van der Waals surface area contributed by atoms with Crippen molar-refractivity contribution in [2.45, 2.75) is 65.2 Å². The molecule has 0 fully saturated rings. The highest BCUT2D eigenvalue weighted by atomic mass is 28.5. The third-order valence-corrected chi connectivity index (χ3v) is 13.5. The van der Waals surface area contributed by atoms with Crippen molar-refractivity contribution in [3.05, 3.63) is 29.3 Å². The van der Waals surface area contributed by atoms with Gasteiger partial charge in [0.05, 0.1) is 0 Å². The Bertz CT molecular complexity index is 619. The van der Waals surface area contributed by atoms with E-state index in [4.69, 9.17) is 8.23 Å². The van der Waals surface area contributed by atoms with Crippen LogP contribution < -0.4 is 0 Å². The fourth-order valence-electron chi connectivity index (χ4n) is 3.41. The van der Waals surface area contributed by atoms with Gasteiger partial charge in [-0.25, -0.2) is 4.79 Å². The van der Waals surface area contributed by atoms with Gasteiger partial charge >= 0.3 is 14.5 Å². The van der Waals surface area contributed by atoms with Gasteiger partial charge in [-0.15, -0.1) is 0 Å². The molecule has 1 atom stereocenters. The van der Waals surface area contributed by atoms with E-state index in [2.05, 4.69) is 52.8 Å². The lowest BCUT2D eigenvalue weighted by molar-refractivity contribution is 0.0693. The van der Waals surface area contributed by atoms with Crippen LogP contribution in [0, 0.1) is 5.92 Å². The monoisotopic (exact) mass is 414 g/mol. The normalized spacial score (nSPS) is 14.3. The summed E-state index contributed by atoms with van der Waals surface area (Å²) in [5.74, 6) is -1.03. The molecule has 26 heavy (non-hydrogen) atoms. The van der Waals surface area contributed by atoms with Crippen LogP contribution in [0.5, 0.6) is 5.75 Å². The Kier molecular flexibility index (Phi) is 7.45. The van der Waals surface area contributed by atoms with E-state index in [0.717, 1.165) is 6.04 Å². The predicted molar refractivity (Wildman–Crippen MR) is 113 cm³/mol. The molecule has 2 N–H and O–H groups in total. The molecule has 1 aromatic carbocycles. The van der Waals surface area contributed by atoms with Gasteiger partial charge in [0.25, 0.3) is 0 Å². The second kappa shape index (κ2) is 8.39. The maximum atomic E-state index is 11.2. The fourth-order valence-corrected chi connectivity index (χ4v) is 16.4. The zero-order chi connectivity index (χ0) is 20.3. The molecule has 1 aromatic rings. The average Bonchev–Trinajstić information content (AvgIpc) is 2.35. The van der Waals surface area contributed by atoms with Gasteiger partial charge in [0.2, 0.25) is 0 Å². The molecule has 0 saturated heterocycles. The van der Waals surface area contributed by atoms with Crippen molar-refractivity contribution < 1.29 is 23.2 Å². The quantitative estimate of drug-likeness (QED) is 0.553. The lowest BCUT2D eigenvalue weighted by atomic mass is 9.99. The summed E-state index contributed by atoms with van der Waals surface area (Å²) in [6.45, 7) is 17.3. The van der Waals surface area contributed by atoms with Gasteiger partial charge in [0.1, 0.15) is 11.3 Å². The van der Waals surface area contributed by atoms with Crippen LogP contribution >= 0.6 is 0 Å². The number of aromatic hydroxyl groups is 1. The number of rotatable bonds is 9. The van der Waals surface area contributed by atoms with Crippen molar-refractivity contribution in [3.63, 3.8) is 0 Å². The van der Waals surface area contributed by atoms with Crippen LogP contribution in [0.3, 0.4) is 0 Å². The number of phenols is 1. The summed E-state index contributed by atoms with van der Waals surface area (Å²) >= 11 is 0. The van der Waals surface area contributed by atoms with E-state index in [1.54, 1.807) is 12.1 Å². The topological polar surface area (TPSA) is 76.0 Å². The minimum Gasteiger partial charge on any atom is -0.507 e. The van der Waals surface area contributed by atoms with Gasteiger partial charge in [-0.1, -0.05) is 19.1 Å². The van der Waals surface area contributed by atoms with E-state index in [0.29, 0.717) is 12.0 Å². The minimum absolute atomic E-state index is 0.0496. The van der Waals surface area contributed by atoms with Crippen LogP contribution in [0.15, 0.2) is 18.2 Å². The van der Waals surface area contributed by atoms with E-state index in [1.807, 2.05) is 0 Å². The SMILES string of the molecule is CC(Cc1cccc(C(=O)O)c1O)C[Si](C)(O[Si](C)(C)C)O[Si](C)(C)C. The van der Waals surface area contributed by atoms with Gasteiger partial charge in [-0.3, -0.25) is 0 Å². The van der Waals surface area contributed by atoms with Crippen molar-refractivity contribution in [2.75, 3.05) is 0 Å². The Morgan fingerprint density at radius 2 is 1.54 bits per heavy atom. The molecule has 1 rings (SSSR count). The first kappa shape index (κ1) is 23.1. The lowest BCUT2D eigenvalue weighted by Crippen LogP contribution is -2.53. The van der Waals surface area contributed by atoms with Gasteiger partial charge < -0.3 is 18.4 Å². The van der Waals surface area contributed by atoms with Crippen LogP contribution in [0.1, 0.15) is 22.8 Å². The zero-order valence-electron chi connectivity index (χ0n) is 17.3. The molecule has 8 heteroatoms. The average molecular weight is 415 g/mol. The van der Waals surface area contributed by atoms with Crippen molar-refractivity contribution >= 4 is 31.2 Å². The molecule has 0 radical (unpaired) electrons. The molecule has 5 nitrogen and oxygen atoms in total. The predicted octanol–water partition coefficient (Wildman–Crippen LogP) is 5.04. The maximum Gasteiger partial charge on any atom is 0.339 e. The molecule has 0 bridgehead atoms. The molecule has 0 saturated carbocycles. The first-order chi connectivity index (χ1) is 11.6. The third-order valence-electron chi connectivity index (χ3n) is 3.68. The smallest absolute Gasteiger partial charge is 0.339 e. The van der Waals surface area contributed by atoms with Gasteiger partial charge in [0.15, 0.2) is 16.6 Å². The van der Waals surface area contributed by atoms with Crippen molar-refractivity contribution in [1.82, 2.24) is 0 Å². The van der Waals surface area contributed by atoms with Crippen molar-refractivity contribution in [3.8, 4) is 5.75 Å². The van der Waals surface area contributed by atoms with Crippen molar-refractivity contribution in [2.24, 2.45) is 5.92 Å². The van der Waals surface area contributed by atoms with Crippen LogP contribution in [-0.4, -0.2) is 41.4 Å². The molecule has 0 spiro atoms. The van der Waals surface area contributed by atoms with Crippen molar-refractivity contribution in [1.29, 1.82) is 0 Å². The largest absolute Gasteiger partial charge is 0.507 e. The number of carbonyl (C=O) groups is 1. The highest BCUT2D eigenvalue weighted by Gasteiger charge is 2.41. The standard InChI is InChI=1S/C18H34O5Si3/c1-14(12-15-10-9-11-16(17(15)19)18(20)21)13-26(8,22-24(2,3)4)23-25(5,6)7/h9-11,14,19H,12-13H2,1-8H3,(H,20,21). The van der Waals surface area contributed by atoms with E-state index < -0.39 is 31.2 Å². The van der Waals surface area contributed by atoms with E-state index in [1.165, 1.54) is 6.07 Å². The number of hydrogen-bond donors (Lipinski definition) is 2. The molecular formula is C18H34O5Si3. The van der Waals surface area contributed by atoms with Gasteiger partial charge in [-0.05, 0) is 75.8 Å². The highest BCUT2D eigenvalue weighted by Crippen LogP contribution is 2.31. The molecule has 0 aliphatic heterocycles. The second-order valence-corrected chi connectivity index (χ2v) is 22.0. The Morgan fingerprint density at radius 1 is 1.04 bits per heavy atom. The number of para-hydroxylation sites is 1. The number of benzene rings is 1. The van der Waals surface area contributed by atoms with E-state index in [9.17, 15) is 15.0 Å².